The zero-order valence-corrected chi connectivity index (χ0v) is 12.6. The van der Waals surface area contributed by atoms with Crippen LogP contribution in [-0.4, -0.2) is 28.3 Å². The van der Waals surface area contributed by atoms with Gasteiger partial charge in [0.1, 0.15) is 0 Å². The molecule has 1 aliphatic rings. The van der Waals surface area contributed by atoms with Crippen LogP contribution in [0.5, 0.6) is 0 Å². The van der Waals surface area contributed by atoms with Gasteiger partial charge in [0.05, 0.1) is 5.69 Å². The number of hydrogen-bond donors (Lipinski definition) is 1. The Kier molecular flexibility index (Phi) is 3.66. The fourth-order valence-electron chi connectivity index (χ4n) is 2.58. The molecule has 1 N–H and O–H groups in total. The first kappa shape index (κ1) is 14.3. The summed E-state index contributed by atoms with van der Waals surface area (Å²) >= 11 is 0. The van der Waals surface area contributed by atoms with E-state index in [0.717, 1.165) is 16.9 Å². The lowest BCUT2D eigenvalue weighted by Gasteiger charge is -2.26. The molecule has 0 saturated carbocycles. The van der Waals surface area contributed by atoms with E-state index in [4.69, 9.17) is 0 Å². The number of rotatable bonds is 3. The van der Waals surface area contributed by atoms with Crippen LogP contribution >= 0.6 is 0 Å². The minimum Gasteiger partial charge on any atom is -0.294 e. The predicted molar refractivity (Wildman–Crippen MR) is 83.5 cm³/mol. The van der Waals surface area contributed by atoms with Crippen LogP contribution in [0.4, 0.5) is 10.5 Å². The van der Waals surface area contributed by atoms with Crippen LogP contribution in [0.15, 0.2) is 36.5 Å². The first-order valence-corrected chi connectivity index (χ1v) is 7.31. The third-order valence-electron chi connectivity index (χ3n) is 3.69. The van der Waals surface area contributed by atoms with Gasteiger partial charge < -0.3 is 0 Å². The molecular formula is C16H18N4O2. The highest BCUT2D eigenvalue weighted by Crippen LogP contribution is 2.25. The van der Waals surface area contributed by atoms with E-state index in [0.29, 0.717) is 13.0 Å². The van der Waals surface area contributed by atoms with Gasteiger partial charge in [-0.25, -0.2) is 4.79 Å². The molecule has 2 heterocycles. The monoisotopic (exact) mass is 298 g/mol. The Morgan fingerprint density at radius 2 is 1.86 bits per heavy atom. The highest BCUT2D eigenvalue weighted by molar-refractivity contribution is 6.05. The van der Waals surface area contributed by atoms with E-state index in [-0.39, 0.29) is 18.0 Å². The Labute approximate surface area is 128 Å². The minimum absolute atomic E-state index is 0.223. The first-order chi connectivity index (χ1) is 10.6. The van der Waals surface area contributed by atoms with E-state index in [1.807, 2.05) is 35.0 Å². The predicted octanol–water partition coefficient (Wildman–Crippen LogP) is 2.58. The molecule has 22 heavy (non-hydrogen) atoms. The van der Waals surface area contributed by atoms with Crippen LogP contribution in [0.2, 0.25) is 0 Å². The average molecular weight is 298 g/mol. The van der Waals surface area contributed by atoms with Crippen molar-refractivity contribution < 1.29 is 9.59 Å². The lowest BCUT2D eigenvalue weighted by Crippen LogP contribution is -2.49. The lowest BCUT2D eigenvalue weighted by atomic mass is 10.1. The molecule has 1 fully saturated rings. The number of benzene rings is 1. The Balaban J connectivity index is 1.85. The van der Waals surface area contributed by atoms with Crippen LogP contribution in [-0.2, 0) is 4.79 Å². The molecule has 0 radical (unpaired) electrons. The highest BCUT2D eigenvalue weighted by atomic mass is 16.2. The summed E-state index contributed by atoms with van der Waals surface area (Å²) in [7, 11) is 0. The van der Waals surface area contributed by atoms with Crippen molar-refractivity contribution in [2.75, 3.05) is 11.4 Å². The number of anilines is 1. The third-order valence-corrected chi connectivity index (χ3v) is 3.69. The summed E-state index contributed by atoms with van der Waals surface area (Å²) in [5, 5.41) is 6.66. The summed E-state index contributed by atoms with van der Waals surface area (Å²) < 4.78 is 1.96. The fraction of sp³-hybridized carbons (Fsp3) is 0.312. The standard InChI is InChI=1S/C16H18N4O2/c1-11(2)20-14(7-9-17-20)12-3-5-13(6-4-12)19-10-8-15(21)18-16(19)22/h3-7,9,11H,8,10H2,1-2H3,(H,18,21,22). The van der Waals surface area contributed by atoms with Gasteiger partial charge in [-0.1, -0.05) is 12.1 Å². The molecule has 2 aromatic rings. The van der Waals surface area contributed by atoms with Crippen LogP contribution in [0.25, 0.3) is 11.3 Å². The van der Waals surface area contributed by atoms with Gasteiger partial charge in [0.15, 0.2) is 0 Å². The molecule has 0 bridgehead atoms. The second kappa shape index (κ2) is 5.63. The topological polar surface area (TPSA) is 67.2 Å². The minimum atomic E-state index is -0.365. The normalized spacial score (nSPS) is 15.3. The Hall–Kier alpha value is -2.63. The molecule has 3 rings (SSSR count). The van der Waals surface area contributed by atoms with Gasteiger partial charge in [-0.05, 0) is 37.6 Å². The molecule has 0 aliphatic carbocycles. The van der Waals surface area contributed by atoms with E-state index in [1.165, 1.54) is 0 Å². The molecule has 0 spiro atoms. The average Bonchev–Trinajstić information content (AvgIpc) is 2.97. The number of nitrogens with one attached hydrogen (secondary N) is 1. The van der Waals surface area contributed by atoms with Crippen molar-refractivity contribution in [2.24, 2.45) is 0 Å². The number of carbonyl (C=O) groups is 2. The zero-order chi connectivity index (χ0) is 15.7. The van der Waals surface area contributed by atoms with E-state index in [2.05, 4.69) is 24.3 Å². The zero-order valence-electron chi connectivity index (χ0n) is 12.6. The van der Waals surface area contributed by atoms with Crippen molar-refractivity contribution in [3.63, 3.8) is 0 Å². The summed E-state index contributed by atoms with van der Waals surface area (Å²) in [6, 6.07) is 9.61. The van der Waals surface area contributed by atoms with Crippen LogP contribution in [0.3, 0.4) is 0 Å². The Bertz CT molecular complexity index is 703. The molecule has 1 aromatic carbocycles. The van der Waals surface area contributed by atoms with E-state index in [9.17, 15) is 9.59 Å². The van der Waals surface area contributed by atoms with Crippen molar-refractivity contribution in [3.8, 4) is 11.3 Å². The fourth-order valence-corrected chi connectivity index (χ4v) is 2.58. The molecule has 6 heteroatoms. The number of imide groups is 1. The first-order valence-electron chi connectivity index (χ1n) is 7.31. The number of carbonyl (C=O) groups excluding carboxylic acids is 2. The maximum atomic E-state index is 11.8. The molecule has 3 amide bonds. The maximum absolute atomic E-state index is 11.8. The largest absolute Gasteiger partial charge is 0.328 e. The molecule has 6 nitrogen and oxygen atoms in total. The summed E-state index contributed by atoms with van der Waals surface area (Å²) in [5.74, 6) is -0.223. The van der Waals surface area contributed by atoms with Gasteiger partial charge >= 0.3 is 6.03 Å². The van der Waals surface area contributed by atoms with Crippen molar-refractivity contribution in [3.05, 3.63) is 36.5 Å². The molecule has 114 valence electrons. The lowest BCUT2D eigenvalue weighted by molar-refractivity contribution is -0.120. The number of amides is 3. The molecule has 0 atom stereocenters. The maximum Gasteiger partial charge on any atom is 0.328 e. The van der Waals surface area contributed by atoms with Gasteiger partial charge in [0.25, 0.3) is 0 Å². The van der Waals surface area contributed by atoms with Crippen molar-refractivity contribution in [1.82, 2.24) is 15.1 Å². The van der Waals surface area contributed by atoms with Gasteiger partial charge in [0.2, 0.25) is 5.91 Å². The second-order valence-electron chi connectivity index (χ2n) is 5.56. The van der Waals surface area contributed by atoms with Gasteiger partial charge in [-0.15, -0.1) is 0 Å². The summed E-state index contributed by atoms with van der Waals surface area (Å²) in [5.41, 5.74) is 2.87. The van der Waals surface area contributed by atoms with Crippen molar-refractivity contribution in [2.45, 2.75) is 26.3 Å². The van der Waals surface area contributed by atoms with Crippen LogP contribution in [0, 0.1) is 0 Å². The molecule has 0 unspecified atom stereocenters. The number of nitrogens with zero attached hydrogens (tertiary/aromatic N) is 3. The Morgan fingerprint density at radius 1 is 1.14 bits per heavy atom. The van der Waals surface area contributed by atoms with Gasteiger partial charge in [0, 0.05) is 30.9 Å². The molecule has 1 aliphatic heterocycles. The van der Waals surface area contributed by atoms with E-state index >= 15 is 0 Å². The van der Waals surface area contributed by atoms with Crippen molar-refractivity contribution in [1.29, 1.82) is 0 Å². The van der Waals surface area contributed by atoms with E-state index in [1.54, 1.807) is 11.1 Å². The van der Waals surface area contributed by atoms with Gasteiger partial charge in [-0.3, -0.25) is 19.7 Å². The third kappa shape index (κ3) is 2.59. The summed E-state index contributed by atoms with van der Waals surface area (Å²) in [4.78, 5) is 24.6. The SMILES string of the molecule is CC(C)n1nccc1-c1ccc(N2CCC(=O)NC2=O)cc1. The smallest absolute Gasteiger partial charge is 0.294 e. The number of urea groups is 1. The summed E-state index contributed by atoms with van der Waals surface area (Å²) in [6.07, 6.45) is 2.11. The van der Waals surface area contributed by atoms with Crippen molar-refractivity contribution >= 4 is 17.6 Å². The summed E-state index contributed by atoms with van der Waals surface area (Å²) in [6.45, 7) is 4.58. The molecule has 1 saturated heterocycles. The van der Waals surface area contributed by atoms with E-state index < -0.39 is 0 Å². The van der Waals surface area contributed by atoms with Crippen LogP contribution < -0.4 is 10.2 Å². The Morgan fingerprint density at radius 3 is 2.50 bits per heavy atom. The molecule has 1 aromatic heterocycles. The highest BCUT2D eigenvalue weighted by Gasteiger charge is 2.24. The number of aromatic nitrogens is 2. The van der Waals surface area contributed by atoms with Crippen LogP contribution in [0.1, 0.15) is 26.3 Å². The number of hydrogen-bond acceptors (Lipinski definition) is 3. The van der Waals surface area contributed by atoms with Gasteiger partial charge in [-0.2, -0.15) is 5.10 Å². The second-order valence-corrected chi connectivity index (χ2v) is 5.56. The quantitative estimate of drug-likeness (QED) is 0.947. The molecular weight excluding hydrogens is 280 g/mol.